The smallest absolute Gasteiger partial charge is 0.328 e. The minimum atomic E-state index is -1.20. The summed E-state index contributed by atoms with van der Waals surface area (Å²) in [5, 5.41) is 15.9. The maximum Gasteiger partial charge on any atom is 0.328 e. The van der Waals surface area contributed by atoms with Crippen LogP contribution in [0.1, 0.15) is 6.92 Å². The number of hydrogen-bond acceptors (Lipinski definition) is 7. The average Bonchev–Trinajstić information content (AvgIpc) is 3.27. The first-order valence-electron chi connectivity index (χ1n) is 9.74. The van der Waals surface area contributed by atoms with Crippen LogP contribution in [0.25, 0.3) is 11.3 Å². The van der Waals surface area contributed by atoms with Crippen LogP contribution in [0.2, 0.25) is 0 Å². The van der Waals surface area contributed by atoms with Crippen LogP contribution in [0.3, 0.4) is 0 Å². The number of aliphatic carboxylic acids is 1. The number of methoxy groups -OCH3 is 1. The van der Waals surface area contributed by atoms with Crippen molar-refractivity contribution in [2.24, 2.45) is 0 Å². The van der Waals surface area contributed by atoms with Crippen molar-refractivity contribution in [1.29, 1.82) is 0 Å². The molecule has 0 bridgehead atoms. The molecule has 8 nitrogen and oxygen atoms in total. The monoisotopic (exact) mass is 483 g/mol. The number of thiazole rings is 1. The molecule has 1 unspecified atom stereocenters. The molecule has 3 N–H and O–H groups in total. The second-order valence-electron chi connectivity index (χ2n) is 6.67. The summed E-state index contributed by atoms with van der Waals surface area (Å²) in [6, 6.07) is 14.5. The molecule has 0 aliphatic heterocycles. The molecule has 0 aliphatic carbocycles. The van der Waals surface area contributed by atoms with Gasteiger partial charge in [0.15, 0.2) is 5.13 Å². The van der Waals surface area contributed by atoms with Crippen molar-refractivity contribution in [3.63, 3.8) is 0 Å². The molecule has 0 spiro atoms. The fraction of sp³-hybridized carbons (Fsp3) is 0.130. The van der Waals surface area contributed by atoms with E-state index in [1.807, 2.05) is 29.6 Å². The number of para-hydroxylation sites is 1. The summed E-state index contributed by atoms with van der Waals surface area (Å²) in [4.78, 5) is 40.1. The van der Waals surface area contributed by atoms with Gasteiger partial charge < -0.3 is 20.5 Å². The van der Waals surface area contributed by atoms with Gasteiger partial charge in [-0.25, -0.2) is 9.78 Å². The van der Waals surface area contributed by atoms with Gasteiger partial charge in [0.05, 0.1) is 18.1 Å². The number of ether oxygens (including phenoxy) is 1. The Labute approximate surface area is 198 Å². The highest BCUT2D eigenvalue weighted by molar-refractivity contribution is 8.00. The molecule has 0 radical (unpaired) electrons. The highest BCUT2D eigenvalue weighted by atomic mass is 32.2. The van der Waals surface area contributed by atoms with Gasteiger partial charge in [-0.3, -0.25) is 9.59 Å². The first-order chi connectivity index (χ1) is 15.9. The van der Waals surface area contributed by atoms with Crippen LogP contribution >= 0.6 is 23.1 Å². The fourth-order valence-electron chi connectivity index (χ4n) is 2.72. The van der Waals surface area contributed by atoms with Gasteiger partial charge >= 0.3 is 5.97 Å². The Hall–Kier alpha value is -3.63. The topological polar surface area (TPSA) is 118 Å². The Morgan fingerprint density at radius 1 is 1.09 bits per heavy atom. The molecule has 0 fully saturated rings. The van der Waals surface area contributed by atoms with Gasteiger partial charge in [-0.2, -0.15) is 0 Å². The minimum absolute atomic E-state index is 0.183. The Bertz CT molecular complexity index is 1170. The number of aromatic nitrogens is 1. The van der Waals surface area contributed by atoms with Gasteiger partial charge in [0.25, 0.3) is 0 Å². The molecule has 1 aromatic heterocycles. The molecule has 1 heterocycles. The SMILES string of the molecule is COc1ccccc1-c1csc(NC(=O)C(C)Sc2ccc(NC(=O)/C=C/C(=O)O)cc2)n1. The van der Waals surface area contributed by atoms with Crippen molar-refractivity contribution in [2.75, 3.05) is 17.7 Å². The standard InChI is InChI=1S/C23H21N3O5S2/c1-14(33-16-9-7-15(8-10-16)24-20(27)11-12-21(28)29)22(30)26-23-25-18(13-32-23)17-5-3-4-6-19(17)31-2/h3-14H,1-2H3,(H,24,27)(H,28,29)(H,25,26,30)/b12-11+. The minimum Gasteiger partial charge on any atom is -0.496 e. The third-order valence-corrected chi connectivity index (χ3v) is 6.17. The van der Waals surface area contributed by atoms with E-state index in [4.69, 9.17) is 9.84 Å². The zero-order valence-electron chi connectivity index (χ0n) is 17.8. The van der Waals surface area contributed by atoms with E-state index in [2.05, 4.69) is 15.6 Å². The maximum absolute atomic E-state index is 12.6. The number of nitrogens with zero attached hydrogens (tertiary/aromatic N) is 1. The molecule has 170 valence electrons. The van der Waals surface area contributed by atoms with Gasteiger partial charge in [0.2, 0.25) is 11.8 Å². The van der Waals surface area contributed by atoms with Crippen molar-refractivity contribution in [3.8, 4) is 17.0 Å². The summed E-state index contributed by atoms with van der Waals surface area (Å²) in [5.41, 5.74) is 2.09. The number of anilines is 2. The van der Waals surface area contributed by atoms with Gasteiger partial charge in [-0.15, -0.1) is 23.1 Å². The molecule has 2 amide bonds. The molecule has 1 atom stereocenters. The summed E-state index contributed by atoms with van der Waals surface area (Å²) >= 11 is 2.70. The number of thioether (sulfide) groups is 1. The molecular weight excluding hydrogens is 462 g/mol. The van der Waals surface area contributed by atoms with Crippen LogP contribution < -0.4 is 15.4 Å². The van der Waals surface area contributed by atoms with E-state index in [0.717, 1.165) is 28.3 Å². The Morgan fingerprint density at radius 2 is 1.82 bits per heavy atom. The quantitative estimate of drug-likeness (QED) is 0.303. The first kappa shape index (κ1) is 24.0. The molecule has 10 heteroatoms. The Morgan fingerprint density at radius 3 is 2.52 bits per heavy atom. The van der Waals surface area contributed by atoms with Crippen molar-refractivity contribution in [2.45, 2.75) is 17.1 Å². The first-order valence-corrected chi connectivity index (χ1v) is 11.5. The summed E-state index contributed by atoms with van der Waals surface area (Å²) < 4.78 is 5.37. The summed E-state index contributed by atoms with van der Waals surface area (Å²) in [7, 11) is 1.60. The maximum atomic E-state index is 12.6. The number of carboxylic acids is 1. The van der Waals surface area contributed by atoms with Gasteiger partial charge in [0, 0.05) is 33.7 Å². The van der Waals surface area contributed by atoms with Crippen molar-refractivity contribution in [1.82, 2.24) is 4.98 Å². The molecular formula is C23H21N3O5S2. The number of rotatable bonds is 9. The Kier molecular flexibility index (Phi) is 8.22. The highest BCUT2D eigenvalue weighted by Gasteiger charge is 2.17. The van der Waals surface area contributed by atoms with Gasteiger partial charge in [-0.05, 0) is 43.3 Å². The normalized spacial score (nSPS) is 11.7. The van der Waals surface area contributed by atoms with Gasteiger partial charge in [0.1, 0.15) is 5.75 Å². The van der Waals surface area contributed by atoms with E-state index in [1.54, 1.807) is 38.3 Å². The van der Waals surface area contributed by atoms with E-state index in [0.29, 0.717) is 16.6 Å². The average molecular weight is 484 g/mol. The predicted octanol–water partition coefficient (Wildman–Crippen LogP) is 4.52. The van der Waals surface area contributed by atoms with Crippen LogP contribution in [-0.2, 0) is 14.4 Å². The van der Waals surface area contributed by atoms with Crippen LogP contribution in [0, 0.1) is 0 Å². The molecule has 2 aromatic carbocycles. The van der Waals surface area contributed by atoms with Crippen LogP contribution in [0.15, 0.2) is 71.0 Å². The number of hydrogen-bond donors (Lipinski definition) is 3. The second-order valence-corrected chi connectivity index (χ2v) is 8.95. The van der Waals surface area contributed by atoms with E-state index in [-0.39, 0.29) is 11.2 Å². The van der Waals surface area contributed by atoms with Crippen LogP contribution in [-0.4, -0.2) is 40.2 Å². The lowest BCUT2D eigenvalue weighted by Gasteiger charge is -2.11. The summed E-state index contributed by atoms with van der Waals surface area (Å²) in [5.74, 6) is -1.21. The lowest BCUT2D eigenvalue weighted by molar-refractivity contribution is -0.131. The lowest BCUT2D eigenvalue weighted by atomic mass is 10.1. The number of benzene rings is 2. The van der Waals surface area contributed by atoms with Crippen LogP contribution in [0.5, 0.6) is 5.75 Å². The third kappa shape index (κ3) is 6.93. The van der Waals surface area contributed by atoms with E-state index >= 15 is 0 Å². The molecule has 0 saturated heterocycles. The fourth-order valence-corrected chi connectivity index (χ4v) is 4.30. The summed E-state index contributed by atoms with van der Waals surface area (Å²) in [6.07, 6.45) is 1.71. The zero-order valence-corrected chi connectivity index (χ0v) is 19.4. The number of amides is 2. The van der Waals surface area contributed by atoms with E-state index in [1.165, 1.54) is 23.1 Å². The van der Waals surface area contributed by atoms with Crippen LogP contribution in [0.4, 0.5) is 10.8 Å². The van der Waals surface area contributed by atoms with Gasteiger partial charge in [-0.1, -0.05) is 12.1 Å². The van der Waals surface area contributed by atoms with Crippen molar-refractivity contribution < 1.29 is 24.2 Å². The molecule has 3 aromatic rings. The third-order valence-electron chi connectivity index (χ3n) is 4.30. The number of carbonyl (C=O) groups is 3. The second kappa shape index (κ2) is 11.3. The lowest BCUT2D eigenvalue weighted by Crippen LogP contribution is -2.22. The Balaban J connectivity index is 1.56. The predicted molar refractivity (Wildman–Crippen MR) is 130 cm³/mol. The number of carbonyl (C=O) groups excluding carboxylic acids is 2. The van der Waals surface area contributed by atoms with E-state index < -0.39 is 11.9 Å². The van der Waals surface area contributed by atoms with E-state index in [9.17, 15) is 14.4 Å². The molecule has 33 heavy (non-hydrogen) atoms. The largest absolute Gasteiger partial charge is 0.496 e. The summed E-state index contributed by atoms with van der Waals surface area (Å²) in [6.45, 7) is 1.79. The number of carboxylic acid groups (broad SMARTS) is 1. The molecule has 0 aliphatic rings. The molecule has 3 rings (SSSR count). The van der Waals surface area contributed by atoms with Crippen molar-refractivity contribution in [3.05, 3.63) is 66.1 Å². The number of nitrogens with one attached hydrogen (secondary N) is 2. The molecule has 0 saturated carbocycles. The van der Waals surface area contributed by atoms with Crippen molar-refractivity contribution >= 4 is 51.7 Å². The zero-order chi connectivity index (χ0) is 23.8. The highest BCUT2D eigenvalue weighted by Crippen LogP contribution is 2.32.